The zero-order valence-electron chi connectivity index (χ0n) is 77.3. The van der Waals surface area contributed by atoms with Crippen molar-refractivity contribution in [2.24, 2.45) is 79.8 Å². The van der Waals surface area contributed by atoms with Crippen molar-refractivity contribution in [3.63, 3.8) is 0 Å². The van der Waals surface area contributed by atoms with Crippen LogP contribution in [0.4, 0.5) is 0 Å². The molecule has 2 heterocycles. The minimum Gasteiger partial charge on any atom is -0.465 e. The number of Topliss-reactive ketones (excluding diaryl/α,β-unsaturated/α-hetero) is 1. The number of carbonyl (C=O) groups excluding carboxylic acids is 11. The molecule has 3 unspecified atom stereocenters. The average Bonchev–Trinajstić information content (AvgIpc) is 0.823. The number of ether oxygens (including phenoxy) is 12. The van der Waals surface area contributed by atoms with Crippen LogP contribution in [-0.2, 0) is 110 Å². The maximum Gasteiger partial charge on any atom is 0.344 e. The van der Waals surface area contributed by atoms with Crippen molar-refractivity contribution < 1.29 is 120 Å². The summed E-state index contributed by atoms with van der Waals surface area (Å²) in [7, 11) is 0. The Kier molecular flexibility index (Phi) is 36.2. The van der Waals surface area contributed by atoms with E-state index in [-0.39, 0.29) is 134 Å². The Morgan fingerprint density at radius 2 is 0.966 bits per heavy atom. The fraction of sp³-hybridized carbons (Fsp3) is 0.883. The van der Waals surface area contributed by atoms with Gasteiger partial charge in [-0.1, -0.05) is 34.6 Å². The van der Waals surface area contributed by atoms with E-state index < -0.39 is 78.0 Å². The van der Waals surface area contributed by atoms with Crippen LogP contribution in [-0.4, -0.2) is 174 Å². The number of rotatable bonds is 31. The van der Waals surface area contributed by atoms with Crippen LogP contribution in [0.25, 0.3) is 0 Å². The third kappa shape index (κ3) is 28.4. The van der Waals surface area contributed by atoms with E-state index in [0.29, 0.717) is 95.0 Å². The van der Waals surface area contributed by atoms with Crippen LogP contribution in [0.2, 0.25) is 0 Å². The first kappa shape index (κ1) is 102. The monoisotopic (exact) mass is 1690 g/mol. The van der Waals surface area contributed by atoms with E-state index in [1.165, 1.54) is 0 Å². The second kappa shape index (κ2) is 42.3. The van der Waals surface area contributed by atoms with Gasteiger partial charge in [-0.25, -0.2) is 9.59 Å². The topological polar surface area (TPSA) is 339 Å². The number of hydrogen-bond donors (Lipinski definition) is 2. The number of esters is 10. The fourth-order valence-corrected chi connectivity index (χ4v) is 18.4. The molecule has 0 aromatic rings. The zero-order valence-corrected chi connectivity index (χ0v) is 77.3. The number of ketones is 1. The summed E-state index contributed by atoms with van der Waals surface area (Å²) in [5, 5.41) is 18.7. The molecule has 12 aliphatic rings. The molecule has 0 aromatic heterocycles. The lowest BCUT2D eigenvalue weighted by Crippen LogP contribution is -2.61. The van der Waals surface area contributed by atoms with Crippen LogP contribution in [0.5, 0.6) is 0 Å². The number of aliphatic hydroxyl groups excluding tert-OH is 2. The molecule has 0 aromatic carbocycles. The average molecular weight is 1690 g/mol. The molecule has 12 rings (SSSR count). The normalized spacial score (nSPS) is 28.8. The van der Waals surface area contributed by atoms with E-state index in [4.69, 9.17) is 61.9 Å². The summed E-state index contributed by atoms with van der Waals surface area (Å²) < 4.78 is 66.6. The molecule has 682 valence electrons. The van der Waals surface area contributed by atoms with Crippen molar-refractivity contribution in [2.45, 2.75) is 404 Å². The number of carbonyl (C=O) groups is 11. The summed E-state index contributed by atoms with van der Waals surface area (Å²) >= 11 is 0. The lowest BCUT2D eigenvalue weighted by atomic mass is 9.47. The molecule has 0 spiro atoms. The largest absolute Gasteiger partial charge is 0.465 e. The standard InChI is InChI=1S/C26H42O5.C20H34O5.C19H28O5.C15H28O5.C14H24O5/c1-6-23(2,3)21(28)31-26-14-17-11-18(15-26)13-25(12-17,16-26)22(29)30-24(4,5)19-7-9-20(27)10-8-19;1-6-19(2,3)18(22)24-15-11-9-14(10-12-15)17(21)25-20(4,5)16-8-7-13-23-16;1-5-18(2,3)17(22)23-10-15(20)24-19(4)13-6-11-7-14(19)9-12(8-13)16(11)21;1-6-14(2,3)13(18)19-11-7-8-12(17)20-15(4,5)9-10-16;1-5-13(2,3)12(16)18-10-11(15)19-14(4)6-8-17-9-7-14/h17-20,27H,6-16H2,1-5H3;14-16H,6-13H2,1-5H3;11-14H,5-10H2,1-4H3;16H,6-11H2,1-5H3;5-10H2,1-4H3. The molecule has 12 fully saturated rings. The SMILES string of the molecule is CCC(C)(C)C(=O)OC12CC3CC(C1)CC(C(=O)OC(C)(C)C1CCC(O)CC1)(C3)C2.CCC(C)(C)C(=O)OC1CCC(C(=O)OC(C)(C)C2CCCO2)CC1.CCC(C)(C)C(=O)OCC(=O)OC1(C)C2CC3CC1CC(C2)C3=O.CCC(C)(C)C(=O)OCC(=O)OC1(C)CCOCC1.CCC(C)(C)C(=O)OCCCC(=O)OC(C)(C)CCO. The number of aliphatic hydroxyl groups is 2. The van der Waals surface area contributed by atoms with Gasteiger partial charge in [-0.05, 0) is 303 Å². The van der Waals surface area contributed by atoms with E-state index in [1.807, 2.05) is 118 Å². The van der Waals surface area contributed by atoms with Gasteiger partial charge < -0.3 is 67.1 Å². The van der Waals surface area contributed by atoms with Gasteiger partial charge in [0.25, 0.3) is 0 Å². The molecule has 0 amide bonds. The van der Waals surface area contributed by atoms with Crippen LogP contribution in [0.3, 0.4) is 0 Å². The van der Waals surface area contributed by atoms with Gasteiger partial charge in [0.2, 0.25) is 0 Å². The molecule has 119 heavy (non-hydrogen) atoms. The highest BCUT2D eigenvalue weighted by Crippen LogP contribution is 2.64. The summed E-state index contributed by atoms with van der Waals surface area (Å²) in [5.74, 6) is -0.435. The van der Waals surface area contributed by atoms with E-state index in [2.05, 4.69) is 0 Å². The highest BCUT2D eigenvalue weighted by molar-refractivity contribution is 5.86. The second-order valence-electron chi connectivity index (χ2n) is 41.8. The van der Waals surface area contributed by atoms with Crippen LogP contribution in [0.15, 0.2) is 0 Å². The second-order valence-corrected chi connectivity index (χ2v) is 41.8. The van der Waals surface area contributed by atoms with Crippen LogP contribution >= 0.6 is 0 Å². The molecule has 10 saturated carbocycles. The van der Waals surface area contributed by atoms with Gasteiger partial charge >= 0.3 is 59.7 Å². The van der Waals surface area contributed by atoms with Gasteiger partial charge in [0.05, 0.1) is 70.4 Å². The third-order valence-electron chi connectivity index (χ3n) is 28.8. The summed E-state index contributed by atoms with van der Waals surface area (Å²) in [4.78, 5) is 134. The van der Waals surface area contributed by atoms with Crippen LogP contribution in [0, 0.1) is 79.8 Å². The first-order valence-electron chi connectivity index (χ1n) is 45.2. The summed E-state index contributed by atoms with van der Waals surface area (Å²) in [5.41, 5.74) is -6.37. The Labute approximate surface area is 711 Å². The molecule has 8 bridgehead atoms. The van der Waals surface area contributed by atoms with Gasteiger partial charge in [0.1, 0.15) is 45.5 Å². The zero-order chi connectivity index (χ0) is 89.3. The smallest absolute Gasteiger partial charge is 0.344 e. The predicted octanol–water partition coefficient (Wildman–Crippen LogP) is 16.6. The van der Waals surface area contributed by atoms with Gasteiger partial charge in [0, 0.05) is 69.0 Å². The summed E-state index contributed by atoms with van der Waals surface area (Å²) in [6.45, 7) is 45.1. The quantitative estimate of drug-likeness (QED) is 0.0370. The molecule has 3 atom stereocenters. The van der Waals surface area contributed by atoms with Crippen molar-refractivity contribution in [1.82, 2.24) is 0 Å². The molecule has 25 nitrogen and oxygen atoms in total. The van der Waals surface area contributed by atoms with Gasteiger partial charge in [-0.2, -0.15) is 0 Å². The Balaban J connectivity index is 0.000000234. The molecule has 2 saturated heterocycles. The predicted molar refractivity (Wildman–Crippen MR) is 446 cm³/mol. The molecular weight excluding hydrogens is 1530 g/mol. The molecule has 25 heteroatoms. The molecular formula is C94H156O25. The van der Waals surface area contributed by atoms with E-state index in [9.17, 15) is 57.8 Å². The highest BCUT2D eigenvalue weighted by atomic mass is 16.6. The maximum atomic E-state index is 13.7. The van der Waals surface area contributed by atoms with Crippen molar-refractivity contribution in [2.75, 3.05) is 46.2 Å². The Morgan fingerprint density at radius 3 is 1.44 bits per heavy atom. The minimum absolute atomic E-state index is 0.00924. The number of hydrogen-bond acceptors (Lipinski definition) is 25. The van der Waals surface area contributed by atoms with E-state index in [1.54, 1.807) is 41.5 Å². The molecule has 0 radical (unpaired) electrons. The molecule has 2 aliphatic heterocycles. The van der Waals surface area contributed by atoms with Crippen molar-refractivity contribution >= 4 is 65.5 Å². The first-order chi connectivity index (χ1) is 55.1. The Morgan fingerprint density at radius 1 is 0.496 bits per heavy atom. The lowest BCUT2D eigenvalue weighted by molar-refractivity contribution is -0.224. The summed E-state index contributed by atoms with van der Waals surface area (Å²) in [6.07, 6.45) is 22.5. The van der Waals surface area contributed by atoms with Crippen molar-refractivity contribution in [3.05, 3.63) is 0 Å². The van der Waals surface area contributed by atoms with Crippen molar-refractivity contribution in [3.8, 4) is 0 Å². The molecule has 2 N–H and O–H groups in total. The summed E-state index contributed by atoms with van der Waals surface area (Å²) in [6, 6.07) is 0. The van der Waals surface area contributed by atoms with Crippen LogP contribution < -0.4 is 0 Å². The van der Waals surface area contributed by atoms with Crippen molar-refractivity contribution in [1.29, 1.82) is 0 Å². The third-order valence-corrected chi connectivity index (χ3v) is 28.8. The molecule has 10 aliphatic carbocycles. The van der Waals surface area contributed by atoms with E-state index in [0.717, 1.165) is 129 Å². The lowest BCUT2D eigenvalue weighted by Gasteiger charge is -2.60. The van der Waals surface area contributed by atoms with E-state index >= 15 is 0 Å². The van der Waals surface area contributed by atoms with Gasteiger partial charge in [-0.15, -0.1) is 0 Å². The van der Waals surface area contributed by atoms with Gasteiger partial charge in [0.15, 0.2) is 13.2 Å². The van der Waals surface area contributed by atoms with Gasteiger partial charge in [-0.3, -0.25) is 43.2 Å². The van der Waals surface area contributed by atoms with Crippen LogP contribution in [0.1, 0.15) is 352 Å². The maximum absolute atomic E-state index is 13.7. The first-order valence-corrected chi connectivity index (χ1v) is 45.2. The Hall–Kier alpha value is -5.79. The Bertz CT molecular complexity index is 3350. The highest BCUT2D eigenvalue weighted by Gasteiger charge is 2.65. The minimum atomic E-state index is -0.660. The fourth-order valence-electron chi connectivity index (χ4n) is 18.4.